The number of halogens is 1. The van der Waals surface area contributed by atoms with Gasteiger partial charge in [0.1, 0.15) is 0 Å². The van der Waals surface area contributed by atoms with Crippen LogP contribution in [0.2, 0.25) is 5.02 Å². The van der Waals surface area contributed by atoms with Gasteiger partial charge < -0.3 is 4.90 Å². The molecule has 1 amide bonds. The first-order valence-corrected chi connectivity index (χ1v) is 8.91. The van der Waals surface area contributed by atoms with Gasteiger partial charge in [-0.1, -0.05) is 23.7 Å². The summed E-state index contributed by atoms with van der Waals surface area (Å²) in [6.45, 7) is 2.63. The summed E-state index contributed by atoms with van der Waals surface area (Å²) in [5.41, 5.74) is 2.00. The molecule has 2 fully saturated rings. The predicted molar refractivity (Wildman–Crippen MR) is 94.3 cm³/mol. The van der Waals surface area contributed by atoms with Crippen LogP contribution in [0.25, 0.3) is 0 Å². The molecule has 2 atom stereocenters. The number of anilines is 1. The largest absolute Gasteiger partial charge is 0.310 e. The van der Waals surface area contributed by atoms with Crippen LogP contribution < -0.4 is 4.90 Å². The van der Waals surface area contributed by atoms with Crippen molar-refractivity contribution in [2.75, 3.05) is 24.5 Å². The summed E-state index contributed by atoms with van der Waals surface area (Å²) in [6.07, 6.45) is 4.92. The van der Waals surface area contributed by atoms with Crippen molar-refractivity contribution in [3.8, 4) is 0 Å². The number of para-hydroxylation sites is 1. The van der Waals surface area contributed by atoms with Crippen molar-refractivity contribution in [3.05, 3.63) is 47.2 Å². The molecule has 3 heterocycles. The van der Waals surface area contributed by atoms with Gasteiger partial charge in [0.2, 0.25) is 5.91 Å². The molecular formula is C18H21ClN4O. The Kier molecular flexibility index (Phi) is 4.29. The predicted octanol–water partition coefficient (Wildman–Crippen LogP) is 3.05. The van der Waals surface area contributed by atoms with Gasteiger partial charge >= 0.3 is 0 Å². The molecule has 126 valence electrons. The highest BCUT2D eigenvalue weighted by molar-refractivity contribution is 6.33. The van der Waals surface area contributed by atoms with Crippen LogP contribution in [0, 0.1) is 0 Å². The number of H-pyrrole nitrogens is 1. The average Bonchev–Trinajstić information content (AvgIpc) is 3.26. The number of aromatic nitrogens is 2. The minimum absolute atomic E-state index is 0.0352. The average molecular weight is 345 g/mol. The van der Waals surface area contributed by atoms with E-state index in [1.54, 1.807) is 6.20 Å². The van der Waals surface area contributed by atoms with Gasteiger partial charge in [0.05, 0.1) is 16.8 Å². The van der Waals surface area contributed by atoms with Gasteiger partial charge in [0.25, 0.3) is 0 Å². The number of nitrogens with one attached hydrogen (secondary N) is 1. The summed E-state index contributed by atoms with van der Waals surface area (Å²) < 4.78 is 0. The maximum Gasteiger partial charge on any atom is 0.244 e. The van der Waals surface area contributed by atoms with E-state index in [-0.39, 0.29) is 11.9 Å². The lowest BCUT2D eigenvalue weighted by atomic mass is 9.93. The molecule has 5 nitrogen and oxygen atoms in total. The number of benzene rings is 1. The second kappa shape index (κ2) is 6.57. The number of amides is 1. The molecule has 0 radical (unpaired) electrons. The number of likely N-dealkylation sites (tertiary alicyclic amines) is 1. The highest BCUT2D eigenvalue weighted by atomic mass is 35.5. The van der Waals surface area contributed by atoms with Gasteiger partial charge in [0, 0.05) is 30.9 Å². The molecule has 0 saturated carbocycles. The van der Waals surface area contributed by atoms with E-state index in [4.69, 9.17) is 11.6 Å². The normalized spacial score (nSPS) is 25.4. The van der Waals surface area contributed by atoms with E-state index in [1.165, 1.54) is 5.69 Å². The van der Waals surface area contributed by atoms with Crippen molar-refractivity contribution in [2.45, 2.75) is 31.2 Å². The zero-order valence-corrected chi connectivity index (χ0v) is 14.2. The van der Waals surface area contributed by atoms with Crippen LogP contribution in [0.1, 0.15) is 30.9 Å². The van der Waals surface area contributed by atoms with Gasteiger partial charge in [0.15, 0.2) is 0 Å². The van der Waals surface area contributed by atoms with Crippen LogP contribution in [-0.4, -0.2) is 46.7 Å². The van der Waals surface area contributed by atoms with Crippen molar-refractivity contribution in [3.63, 3.8) is 0 Å². The Bertz CT molecular complexity index is 718. The van der Waals surface area contributed by atoms with Crippen LogP contribution in [0.15, 0.2) is 36.5 Å². The Balaban J connectivity index is 1.49. The highest BCUT2D eigenvalue weighted by Crippen LogP contribution is 2.33. The third-order valence-electron chi connectivity index (χ3n) is 5.18. The smallest absolute Gasteiger partial charge is 0.244 e. The second-order valence-electron chi connectivity index (χ2n) is 6.59. The molecule has 2 saturated heterocycles. The third-order valence-corrected chi connectivity index (χ3v) is 5.50. The highest BCUT2D eigenvalue weighted by Gasteiger charge is 2.39. The number of nitrogens with zero attached hydrogens (tertiary/aromatic N) is 3. The third kappa shape index (κ3) is 2.82. The summed E-state index contributed by atoms with van der Waals surface area (Å²) in [4.78, 5) is 17.1. The molecule has 2 aromatic rings. The number of piperidine rings is 1. The van der Waals surface area contributed by atoms with Gasteiger partial charge in [-0.15, -0.1) is 0 Å². The quantitative estimate of drug-likeness (QED) is 0.931. The molecule has 0 aliphatic carbocycles. The Morgan fingerprint density at radius 2 is 2.04 bits per heavy atom. The van der Waals surface area contributed by atoms with E-state index in [2.05, 4.69) is 15.1 Å². The monoisotopic (exact) mass is 344 g/mol. The molecular weight excluding hydrogens is 324 g/mol. The zero-order chi connectivity index (χ0) is 16.5. The fourth-order valence-electron chi connectivity index (χ4n) is 3.95. The molecule has 1 aromatic heterocycles. The summed E-state index contributed by atoms with van der Waals surface area (Å²) in [6, 6.07) is 9.59. The van der Waals surface area contributed by atoms with Crippen LogP contribution in [-0.2, 0) is 4.79 Å². The number of hydrogen-bond acceptors (Lipinski definition) is 3. The van der Waals surface area contributed by atoms with E-state index in [0.717, 1.165) is 44.6 Å². The first-order chi connectivity index (χ1) is 11.7. The number of carbonyl (C=O) groups is 1. The SMILES string of the molecule is O=C1C(N2CCCC(c3ccn[nH]3)C2)CCN1c1ccccc1Cl. The van der Waals surface area contributed by atoms with E-state index >= 15 is 0 Å². The Hall–Kier alpha value is -1.85. The Labute approximate surface area is 146 Å². The maximum absolute atomic E-state index is 13.0. The second-order valence-corrected chi connectivity index (χ2v) is 7.00. The maximum atomic E-state index is 13.0. The lowest BCUT2D eigenvalue weighted by molar-refractivity contribution is -0.122. The lowest BCUT2D eigenvalue weighted by Gasteiger charge is -2.35. The first-order valence-electron chi connectivity index (χ1n) is 8.53. The van der Waals surface area contributed by atoms with Crippen molar-refractivity contribution in [1.29, 1.82) is 0 Å². The van der Waals surface area contributed by atoms with Crippen LogP contribution in [0.3, 0.4) is 0 Å². The van der Waals surface area contributed by atoms with Crippen LogP contribution >= 0.6 is 11.6 Å². The van der Waals surface area contributed by atoms with Crippen LogP contribution in [0.5, 0.6) is 0 Å². The number of hydrogen-bond donors (Lipinski definition) is 1. The van der Waals surface area contributed by atoms with E-state index in [0.29, 0.717) is 10.9 Å². The summed E-state index contributed by atoms with van der Waals surface area (Å²) in [7, 11) is 0. The lowest BCUT2D eigenvalue weighted by Crippen LogP contribution is -2.46. The topological polar surface area (TPSA) is 52.2 Å². The Morgan fingerprint density at radius 3 is 2.83 bits per heavy atom. The molecule has 1 N–H and O–H groups in total. The van der Waals surface area contributed by atoms with Crippen molar-refractivity contribution in [1.82, 2.24) is 15.1 Å². The van der Waals surface area contributed by atoms with E-state index in [9.17, 15) is 4.79 Å². The van der Waals surface area contributed by atoms with E-state index < -0.39 is 0 Å². The summed E-state index contributed by atoms with van der Waals surface area (Å²) >= 11 is 6.28. The van der Waals surface area contributed by atoms with Gasteiger partial charge in [-0.05, 0) is 44.0 Å². The molecule has 0 bridgehead atoms. The molecule has 4 rings (SSSR count). The molecule has 0 spiro atoms. The summed E-state index contributed by atoms with van der Waals surface area (Å²) in [5.74, 6) is 0.608. The summed E-state index contributed by atoms with van der Waals surface area (Å²) in [5, 5.41) is 7.78. The molecule has 1 aromatic carbocycles. The van der Waals surface area contributed by atoms with Crippen molar-refractivity contribution in [2.24, 2.45) is 0 Å². The van der Waals surface area contributed by atoms with Crippen molar-refractivity contribution >= 4 is 23.2 Å². The first kappa shape index (κ1) is 15.7. The molecule has 2 aliphatic heterocycles. The minimum atomic E-state index is -0.0352. The van der Waals surface area contributed by atoms with Crippen LogP contribution in [0.4, 0.5) is 5.69 Å². The fourth-order valence-corrected chi connectivity index (χ4v) is 4.19. The standard InChI is InChI=1S/C18H21ClN4O/c19-14-5-1-2-6-16(14)23-11-8-17(18(23)24)22-10-3-4-13(12-22)15-7-9-20-21-15/h1-2,5-7,9,13,17H,3-4,8,10-12H2,(H,20,21). The van der Waals surface area contributed by atoms with Gasteiger partial charge in [-0.25, -0.2) is 0 Å². The van der Waals surface area contributed by atoms with E-state index in [1.807, 2.05) is 35.2 Å². The Morgan fingerprint density at radius 1 is 1.17 bits per heavy atom. The number of carbonyl (C=O) groups excluding carboxylic acids is 1. The van der Waals surface area contributed by atoms with Crippen molar-refractivity contribution < 1.29 is 4.79 Å². The zero-order valence-electron chi connectivity index (χ0n) is 13.5. The molecule has 6 heteroatoms. The number of rotatable bonds is 3. The van der Waals surface area contributed by atoms with Gasteiger partial charge in [-0.3, -0.25) is 14.8 Å². The fraction of sp³-hybridized carbons (Fsp3) is 0.444. The van der Waals surface area contributed by atoms with Gasteiger partial charge in [-0.2, -0.15) is 5.10 Å². The minimum Gasteiger partial charge on any atom is -0.310 e. The number of aromatic amines is 1. The molecule has 2 aliphatic rings. The molecule has 24 heavy (non-hydrogen) atoms. The molecule has 2 unspecified atom stereocenters.